The molecule has 0 saturated heterocycles. The number of methoxy groups -OCH3 is 1. The van der Waals surface area contributed by atoms with Gasteiger partial charge in [0.25, 0.3) is 5.17 Å². The normalized spacial score (nSPS) is 15.9. The van der Waals surface area contributed by atoms with E-state index in [0.29, 0.717) is 11.3 Å². The van der Waals surface area contributed by atoms with Crippen molar-refractivity contribution in [1.82, 2.24) is 20.3 Å². The number of ether oxygens (including phenoxy) is 1. The Morgan fingerprint density at radius 1 is 1.37 bits per heavy atom. The maximum Gasteiger partial charge on any atom is 0.256 e. The minimum absolute atomic E-state index is 0.0775. The van der Waals surface area contributed by atoms with Crippen molar-refractivity contribution in [3.63, 3.8) is 0 Å². The van der Waals surface area contributed by atoms with Gasteiger partial charge in [0.1, 0.15) is 17.3 Å². The Morgan fingerprint density at radius 2 is 2.07 bits per heavy atom. The predicted octanol–water partition coefficient (Wildman–Crippen LogP) is 1.77. The topological polar surface area (TPSA) is 86.1 Å². The van der Waals surface area contributed by atoms with Crippen molar-refractivity contribution >= 4 is 32.8 Å². The van der Waals surface area contributed by atoms with Gasteiger partial charge < -0.3 is 10.1 Å². The minimum atomic E-state index is -3.18. The third kappa shape index (κ3) is 4.48. The van der Waals surface area contributed by atoms with Crippen LogP contribution < -0.4 is 5.32 Å². The van der Waals surface area contributed by atoms with Crippen LogP contribution in [0.25, 0.3) is 11.3 Å². The Labute approximate surface area is 159 Å². The molecule has 0 radical (unpaired) electrons. The number of halogens is 2. The number of hydrogen-bond acceptors (Lipinski definition) is 6. The predicted molar refractivity (Wildman–Crippen MR) is 99.0 cm³/mol. The summed E-state index contributed by atoms with van der Waals surface area (Å²) in [4.78, 5) is 0. The molecular formula is C16H16F2N4O3S2. The molecule has 11 heteroatoms. The monoisotopic (exact) mass is 414 g/mol. The summed E-state index contributed by atoms with van der Waals surface area (Å²) in [5, 5.41) is 10.7. The zero-order valence-electron chi connectivity index (χ0n) is 14.3. The second kappa shape index (κ2) is 7.69. The summed E-state index contributed by atoms with van der Waals surface area (Å²) < 4.78 is 58.1. The highest BCUT2D eigenvalue weighted by Gasteiger charge is 2.23. The van der Waals surface area contributed by atoms with E-state index in [1.165, 1.54) is 24.1 Å². The number of hydrogen-bond donors (Lipinski definition) is 1. The van der Waals surface area contributed by atoms with E-state index in [-0.39, 0.29) is 40.9 Å². The molecule has 0 fully saturated rings. The standard InChI is InChI=1S/C16H16F2N4O3S2/c1-25-16(26)19-8-11-9-22(21-20-11)12-6-13(17)15(14(18)7-12)10-2-4-27(23,24)5-3-10/h2,6-7,9H,3-5,8H2,1H3,(H,19,26). The highest BCUT2D eigenvalue weighted by atomic mass is 32.2. The molecule has 0 bridgehead atoms. The number of allylic oxidation sites excluding steroid dienone is 1. The van der Waals surface area contributed by atoms with Crippen LogP contribution in [0, 0.1) is 11.6 Å². The second-order valence-electron chi connectivity index (χ2n) is 5.88. The van der Waals surface area contributed by atoms with Crippen molar-refractivity contribution in [1.29, 1.82) is 0 Å². The van der Waals surface area contributed by atoms with Crippen molar-refractivity contribution < 1.29 is 21.9 Å². The summed E-state index contributed by atoms with van der Waals surface area (Å²) >= 11 is 4.85. The fourth-order valence-electron chi connectivity index (χ4n) is 2.64. The third-order valence-corrected chi connectivity index (χ3v) is 5.83. The van der Waals surface area contributed by atoms with Gasteiger partial charge in [0.15, 0.2) is 9.84 Å². The average Bonchev–Trinajstić information content (AvgIpc) is 3.09. The molecular weight excluding hydrogens is 398 g/mol. The van der Waals surface area contributed by atoms with E-state index in [1.54, 1.807) is 0 Å². The zero-order valence-corrected chi connectivity index (χ0v) is 15.9. The highest BCUT2D eigenvalue weighted by Crippen LogP contribution is 2.29. The number of nitrogens with zero attached hydrogens (tertiary/aromatic N) is 3. The van der Waals surface area contributed by atoms with E-state index in [4.69, 9.17) is 17.0 Å². The van der Waals surface area contributed by atoms with Crippen LogP contribution >= 0.6 is 12.2 Å². The van der Waals surface area contributed by atoms with Gasteiger partial charge in [0.05, 0.1) is 37.0 Å². The molecule has 0 unspecified atom stereocenters. The van der Waals surface area contributed by atoms with E-state index >= 15 is 0 Å². The van der Waals surface area contributed by atoms with Crippen LogP contribution in [-0.2, 0) is 21.1 Å². The number of rotatable bonds is 4. The fraction of sp³-hybridized carbons (Fsp3) is 0.312. The number of benzene rings is 1. The second-order valence-corrected chi connectivity index (χ2v) is 8.48. The molecule has 27 heavy (non-hydrogen) atoms. The lowest BCUT2D eigenvalue weighted by atomic mass is 10.0. The van der Waals surface area contributed by atoms with Crippen LogP contribution in [0.5, 0.6) is 0 Å². The van der Waals surface area contributed by atoms with E-state index in [0.717, 1.165) is 12.1 Å². The molecule has 0 atom stereocenters. The lowest BCUT2D eigenvalue weighted by Gasteiger charge is -2.15. The quantitative estimate of drug-likeness (QED) is 0.763. The van der Waals surface area contributed by atoms with Gasteiger partial charge in [-0.15, -0.1) is 5.10 Å². The largest absolute Gasteiger partial charge is 0.474 e. The lowest BCUT2D eigenvalue weighted by Crippen LogP contribution is -2.22. The van der Waals surface area contributed by atoms with Gasteiger partial charge in [0.2, 0.25) is 0 Å². The Balaban J connectivity index is 1.84. The molecule has 144 valence electrons. The fourth-order valence-corrected chi connectivity index (χ4v) is 3.87. The van der Waals surface area contributed by atoms with E-state index in [9.17, 15) is 17.2 Å². The molecule has 2 aromatic rings. The van der Waals surface area contributed by atoms with Gasteiger partial charge in [0, 0.05) is 17.7 Å². The van der Waals surface area contributed by atoms with Crippen molar-refractivity contribution in [3.8, 4) is 5.69 Å². The number of sulfone groups is 1. The van der Waals surface area contributed by atoms with Crippen LogP contribution in [0.2, 0.25) is 0 Å². The number of nitrogens with one attached hydrogen (secondary N) is 1. The molecule has 0 amide bonds. The summed E-state index contributed by atoms with van der Waals surface area (Å²) in [6.45, 7) is 0.247. The smallest absolute Gasteiger partial charge is 0.256 e. The van der Waals surface area contributed by atoms with Gasteiger partial charge >= 0.3 is 0 Å². The van der Waals surface area contributed by atoms with Crippen LogP contribution in [-0.4, -0.2) is 47.2 Å². The highest BCUT2D eigenvalue weighted by molar-refractivity contribution is 7.91. The Morgan fingerprint density at radius 3 is 2.67 bits per heavy atom. The van der Waals surface area contributed by atoms with Gasteiger partial charge in [-0.1, -0.05) is 11.3 Å². The van der Waals surface area contributed by atoms with E-state index < -0.39 is 21.5 Å². The molecule has 2 heterocycles. The summed E-state index contributed by atoms with van der Waals surface area (Å²) in [6, 6.07) is 2.27. The minimum Gasteiger partial charge on any atom is -0.474 e. The molecule has 1 aliphatic rings. The SMILES string of the molecule is COC(=S)NCc1cn(-c2cc(F)c(C3=CCS(=O)(=O)CC3)c(F)c2)nn1. The third-order valence-electron chi connectivity index (χ3n) is 4.02. The molecule has 0 saturated carbocycles. The molecule has 1 aromatic heterocycles. The zero-order chi connectivity index (χ0) is 19.6. The lowest BCUT2D eigenvalue weighted by molar-refractivity contribution is 0.392. The molecule has 0 aliphatic carbocycles. The summed E-state index contributed by atoms with van der Waals surface area (Å²) in [5.41, 5.74) is 0.800. The first kappa shape index (κ1) is 19.4. The molecule has 3 rings (SSSR count). The molecule has 1 aliphatic heterocycles. The summed E-state index contributed by atoms with van der Waals surface area (Å²) in [6.07, 6.45) is 2.94. The van der Waals surface area contributed by atoms with Gasteiger partial charge in [-0.25, -0.2) is 21.9 Å². The molecule has 1 aromatic carbocycles. The first-order valence-electron chi connectivity index (χ1n) is 7.91. The Kier molecular flexibility index (Phi) is 5.51. The van der Waals surface area contributed by atoms with E-state index in [1.807, 2.05) is 0 Å². The average molecular weight is 414 g/mol. The Hall–Kier alpha value is -2.40. The maximum atomic E-state index is 14.5. The van der Waals surface area contributed by atoms with Gasteiger partial charge in [-0.05, 0) is 24.2 Å². The molecule has 0 spiro atoms. The van der Waals surface area contributed by atoms with Crippen LogP contribution in [0.4, 0.5) is 8.78 Å². The summed E-state index contributed by atoms with van der Waals surface area (Å²) in [5.74, 6) is -1.91. The van der Waals surface area contributed by atoms with Crippen LogP contribution in [0.3, 0.4) is 0 Å². The van der Waals surface area contributed by atoms with Crippen LogP contribution in [0.1, 0.15) is 17.7 Å². The molecule has 7 nitrogen and oxygen atoms in total. The van der Waals surface area contributed by atoms with E-state index in [2.05, 4.69) is 15.6 Å². The van der Waals surface area contributed by atoms with Crippen molar-refractivity contribution in [2.45, 2.75) is 13.0 Å². The molecule has 1 N–H and O–H groups in total. The summed E-state index contributed by atoms with van der Waals surface area (Å²) in [7, 11) is -1.75. The Bertz CT molecular complexity index is 995. The van der Waals surface area contributed by atoms with Crippen molar-refractivity contribution in [2.24, 2.45) is 0 Å². The first-order valence-corrected chi connectivity index (χ1v) is 10.1. The van der Waals surface area contributed by atoms with Crippen molar-refractivity contribution in [2.75, 3.05) is 18.6 Å². The first-order chi connectivity index (χ1) is 12.8. The van der Waals surface area contributed by atoms with Crippen LogP contribution in [0.15, 0.2) is 24.4 Å². The van der Waals surface area contributed by atoms with Crippen molar-refractivity contribution in [3.05, 3.63) is 47.3 Å². The number of aromatic nitrogens is 3. The van der Waals surface area contributed by atoms with Gasteiger partial charge in [-0.2, -0.15) is 0 Å². The van der Waals surface area contributed by atoms with Gasteiger partial charge in [-0.3, -0.25) is 0 Å². The maximum absolute atomic E-state index is 14.5. The number of thiocarbonyl (C=S) groups is 1.